The predicted molar refractivity (Wildman–Crippen MR) is 107 cm³/mol. The van der Waals surface area contributed by atoms with E-state index < -0.39 is 16.8 Å². The van der Waals surface area contributed by atoms with Gasteiger partial charge in [0.15, 0.2) is 11.4 Å². The number of nitro benzene ring substituents is 1. The second-order valence-electron chi connectivity index (χ2n) is 6.01. The second kappa shape index (κ2) is 8.86. The first-order valence-electron chi connectivity index (χ1n) is 8.90. The molecule has 0 unspecified atom stereocenters. The van der Waals surface area contributed by atoms with Crippen molar-refractivity contribution in [3.05, 3.63) is 76.1 Å². The van der Waals surface area contributed by atoms with E-state index in [0.29, 0.717) is 11.4 Å². The highest BCUT2D eigenvalue weighted by atomic mass is 16.6. The van der Waals surface area contributed by atoms with Gasteiger partial charge in [0.05, 0.1) is 24.3 Å². The van der Waals surface area contributed by atoms with Gasteiger partial charge in [-0.15, -0.1) is 0 Å². The molecule has 154 valence electrons. The summed E-state index contributed by atoms with van der Waals surface area (Å²) in [5.41, 5.74) is 1.17. The van der Waals surface area contributed by atoms with Gasteiger partial charge < -0.3 is 14.8 Å². The molecule has 1 heterocycles. The summed E-state index contributed by atoms with van der Waals surface area (Å²) in [6.07, 6.45) is 1.62. The normalized spacial score (nSPS) is 10.3. The lowest BCUT2D eigenvalue weighted by Gasteiger charge is -2.08. The number of benzene rings is 2. The van der Waals surface area contributed by atoms with Gasteiger partial charge in [-0.1, -0.05) is 0 Å². The van der Waals surface area contributed by atoms with Crippen LogP contribution in [0.3, 0.4) is 0 Å². The maximum Gasteiger partial charge on any atom is 0.358 e. The number of ether oxygens (including phenoxy) is 2. The van der Waals surface area contributed by atoms with E-state index in [4.69, 9.17) is 9.47 Å². The zero-order chi connectivity index (χ0) is 21.7. The van der Waals surface area contributed by atoms with Gasteiger partial charge in [0, 0.05) is 23.5 Å². The van der Waals surface area contributed by atoms with Gasteiger partial charge in [0.2, 0.25) is 0 Å². The summed E-state index contributed by atoms with van der Waals surface area (Å²) in [4.78, 5) is 34.7. The van der Waals surface area contributed by atoms with Gasteiger partial charge in [-0.05, 0) is 49.4 Å². The first-order chi connectivity index (χ1) is 14.4. The van der Waals surface area contributed by atoms with Crippen LogP contribution in [0.5, 0.6) is 5.75 Å². The lowest BCUT2D eigenvalue weighted by atomic mass is 10.1. The molecule has 1 amide bonds. The average Bonchev–Trinajstić information content (AvgIpc) is 3.24. The summed E-state index contributed by atoms with van der Waals surface area (Å²) >= 11 is 0. The molecule has 1 N–H and O–H groups in total. The van der Waals surface area contributed by atoms with Crippen molar-refractivity contribution in [1.82, 2.24) is 9.78 Å². The number of aromatic nitrogens is 2. The summed E-state index contributed by atoms with van der Waals surface area (Å²) < 4.78 is 11.3. The number of amides is 1. The number of carbonyl (C=O) groups excluding carboxylic acids is 2. The second-order valence-corrected chi connectivity index (χ2v) is 6.01. The SMILES string of the molecule is CCOC(=O)c1ccn(-c2ccc(NC(=O)c3ccc(OC)c([N+](=O)[O-])c3)cc2)n1. The zero-order valence-electron chi connectivity index (χ0n) is 16.2. The third-order valence-corrected chi connectivity index (χ3v) is 4.10. The van der Waals surface area contributed by atoms with E-state index in [1.807, 2.05) is 0 Å². The Kier molecular flexibility index (Phi) is 6.06. The number of methoxy groups -OCH3 is 1. The number of nitro groups is 1. The summed E-state index contributed by atoms with van der Waals surface area (Å²) in [5, 5.41) is 18.0. The topological polar surface area (TPSA) is 126 Å². The standard InChI is InChI=1S/C20H18N4O6/c1-3-30-20(26)16-10-11-23(22-16)15-7-5-14(6-8-15)21-19(25)13-4-9-18(29-2)17(12-13)24(27)28/h4-12H,3H2,1-2H3,(H,21,25). The van der Waals surface area contributed by atoms with E-state index in [-0.39, 0.29) is 29.3 Å². The molecule has 0 spiro atoms. The first-order valence-corrected chi connectivity index (χ1v) is 8.90. The van der Waals surface area contributed by atoms with E-state index in [1.165, 1.54) is 23.9 Å². The van der Waals surface area contributed by atoms with E-state index >= 15 is 0 Å². The number of nitrogens with zero attached hydrogens (tertiary/aromatic N) is 3. The van der Waals surface area contributed by atoms with E-state index in [2.05, 4.69) is 10.4 Å². The number of hydrogen-bond acceptors (Lipinski definition) is 7. The van der Waals surface area contributed by atoms with E-state index in [1.54, 1.807) is 43.5 Å². The molecule has 0 aliphatic rings. The molecular formula is C20H18N4O6. The predicted octanol–water partition coefficient (Wildman–Crippen LogP) is 3.22. The number of anilines is 1. The molecule has 10 nitrogen and oxygen atoms in total. The molecule has 0 radical (unpaired) electrons. The molecule has 0 fully saturated rings. The molecule has 0 aliphatic carbocycles. The lowest BCUT2D eigenvalue weighted by molar-refractivity contribution is -0.385. The minimum atomic E-state index is -0.612. The Morgan fingerprint density at radius 1 is 1.17 bits per heavy atom. The number of hydrogen-bond donors (Lipinski definition) is 1. The Balaban J connectivity index is 1.73. The van der Waals surface area contributed by atoms with E-state index in [9.17, 15) is 19.7 Å². The molecule has 3 aromatic rings. The van der Waals surface area contributed by atoms with Crippen LogP contribution < -0.4 is 10.1 Å². The smallest absolute Gasteiger partial charge is 0.358 e. The van der Waals surface area contributed by atoms with Gasteiger partial charge >= 0.3 is 11.7 Å². The Morgan fingerprint density at radius 3 is 2.53 bits per heavy atom. The Bertz CT molecular complexity index is 1090. The molecular weight excluding hydrogens is 392 g/mol. The van der Waals surface area contributed by atoms with Gasteiger partial charge in [-0.3, -0.25) is 14.9 Å². The maximum atomic E-state index is 12.4. The summed E-state index contributed by atoms with van der Waals surface area (Å²) in [7, 11) is 1.32. The highest BCUT2D eigenvalue weighted by molar-refractivity contribution is 6.04. The van der Waals surface area contributed by atoms with Crippen molar-refractivity contribution in [2.45, 2.75) is 6.92 Å². The molecule has 1 aromatic heterocycles. The minimum absolute atomic E-state index is 0.0716. The van der Waals surface area contributed by atoms with Gasteiger partial charge in [0.1, 0.15) is 0 Å². The van der Waals surface area contributed by atoms with Crippen LogP contribution in [0.25, 0.3) is 5.69 Å². The molecule has 0 saturated heterocycles. The number of esters is 1. The number of rotatable bonds is 7. The molecule has 30 heavy (non-hydrogen) atoms. The molecule has 0 saturated carbocycles. The van der Waals surface area contributed by atoms with Crippen molar-refractivity contribution in [2.75, 3.05) is 19.0 Å². The Hall–Kier alpha value is -4.21. The zero-order valence-corrected chi connectivity index (χ0v) is 16.2. The van der Waals surface area contributed by atoms with E-state index in [0.717, 1.165) is 6.07 Å². The minimum Gasteiger partial charge on any atom is -0.490 e. The van der Waals surface area contributed by atoms with Gasteiger partial charge in [-0.2, -0.15) is 5.10 Å². The van der Waals surface area contributed by atoms with Crippen molar-refractivity contribution in [3.8, 4) is 11.4 Å². The van der Waals surface area contributed by atoms with Gasteiger partial charge in [-0.25, -0.2) is 9.48 Å². The fourth-order valence-electron chi connectivity index (χ4n) is 2.66. The average molecular weight is 410 g/mol. The molecule has 0 atom stereocenters. The molecule has 10 heteroatoms. The summed E-state index contributed by atoms with van der Waals surface area (Å²) in [6, 6.07) is 12.2. The van der Waals surface area contributed by atoms with Crippen LogP contribution >= 0.6 is 0 Å². The van der Waals surface area contributed by atoms with Crippen molar-refractivity contribution in [1.29, 1.82) is 0 Å². The Labute approximate surface area is 171 Å². The third kappa shape index (κ3) is 4.43. The fourth-order valence-corrected chi connectivity index (χ4v) is 2.66. The van der Waals surface area contributed by atoms with Crippen LogP contribution in [-0.2, 0) is 4.74 Å². The van der Waals surface area contributed by atoms with Crippen LogP contribution in [0.1, 0.15) is 27.8 Å². The lowest BCUT2D eigenvalue weighted by Crippen LogP contribution is -2.12. The van der Waals surface area contributed by atoms with Crippen molar-refractivity contribution in [2.24, 2.45) is 0 Å². The monoisotopic (exact) mass is 410 g/mol. The van der Waals surface area contributed by atoms with Gasteiger partial charge in [0.25, 0.3) is 5.91 Å². The highest BCUT2D eigenvalue weighted by Gasteiger charge is 2.18. The quantitative estimate of drug-likeness (QED) is 0.360. The van der Waals surface area contributed by atoms with Crippen molar-refractivity contribution >= 4 is 23.3 Å². The number of nitrogens with one attached hydrogen (secondary N) is 1. The fraction of sp³-hybridized carbons (Fsp3) is 0.150. The number of carbonyl (C=O) groups is 2. The Morgan fingerprint density at radius 2 is 1.90 bits per heavy atom. The maximum absolute atomic E-state index is 12.4. The van der Waals surface area contributed by atoms with Crippen LogP contribution in [0.2, 0.25) is 0 Å². The van der Waals surface area contributed by atoms with Crippen LogP contribution in [0, 0.1) is 10.1 Å². The molecule has 0 bridgehead atoms. The highest BCUT2D eigenvalue weighted by Crippen LogP contribution is 2.28. The first kappa shape index (κ1) is 20.5. The van der Waals surface area contributed by atoms with Crippen molar-refractivity contribution in [3.63, 3.8) is 0 Å². The summed E-state index contributed by atoms with van der Waals surface area (Å²) in [6.45, 7) is 1.98. The summed E-state index contributed by atoms with van der Waals surface area (Å²) in [5.74, 6) is -0.937. The third-order valence-electron chi connectivity index (χ3n) is 4.10. The van der Waals surface area contributed by atoms with Crippen LogP contribution in [0.15, 0.2) is 54.7 Å². The molecule has 2 aromatic carbocycles. The largest absolute Gasteiger partial charge is 0.490 e. The van der Waals surface area contributed by atoms with Crippen LogP contribution in [0.4, 0.5) is 11.4 Å². The molecule has 0 aliphatic heterocycles. The molecule has 3 rings (SSSR count). The van der Waals surface area contributed by atoms with Crippen LogP contribution in [-0.4, -0.2) is 40.3 Å². The van der Waals surface area contributed by atoms with Crippen molar-refractivity contribution < 1.29 is 24.0 Å².